The topological polar surface area (TPSA) is 74.2 Å². The third-order valence-electron chi connectivity index (χ3n) is 5.77. The van der Waals surface area contributed by atoms with Gasteiger partial charge in [-0.25, -0.2) is 4.98 Å². The number of rotatable bonds is 5. The maximum absolute atomic E-state index is 12.5. The number of anilines is 2. The Morgan fingerprint density at radius 3 is 2.89 bits per heavy atom. The highest BCUT2D eigenvalue weighted by molar-refractivity contribution is 5.77. The van der Waals surface area contributed by atoms with E-state index < -0.39 is 0 Å². The molecular formula is C21H28N6O. The molecule has 2 saturated heterocycles. The summed E-state index contributed by atoms with van der Waals surface area (Å²) in [6, 6.07) is 7.77. The molecule has 2 aromatic rings. The first-order chi connectivity index (χ1) is 13.7. The van der Waals surface area contributed by atoms with E-state index in [0.29, 0.717) is 13.0 Å². The van der Waals surface area contributed by atoms with E-state index in [4.69, 9.17) is 0 Å². The van der Waals surface area contributed by atoms with Crippen LogP contribution in [0.5, 0.6) is 0 Å². The van der Waals surface area contributed by atoms with Gasteiger partial charge in [0.2, 0.25) is 11.9 Å². The maximum atomic E-state index is 12.5. The van der Waals surface area contributed by atoms with Crippen LogP contribution < -0.4 is 10.2 Å². The molecule has 148 valence electrons. The summed E-state index contributed by atoms with van der Waals surface area (Å²) < 4.78 is 0. The van der Waals surface area contributed by atoms with E-state index in [1.54, 1.807) is 6.20 Å². The number of hydrogen-bond acceptors (Lipinski definition) is 6. The largest absolute Gasteiger partial charge is 0.370 e. The Labute approximate surface area is 166 Å². The molecule has 0 saturated carbocycles. The van der Waals surface area contributed by atoms with Gasteiger partial charge < -0.3 is 15.1 Å². The second-order valence-electron chi connectivity index (χ2n) is 7.87. The fourth-order valence-corrected chi connectivity index (χ4v) is 4.43. The van der Waals surface area contributed by atoms with Crippen molar-refractivity contribution in [3.63, 3.8) is 0 Å². The van der Waals surface area contributed by atoms with Crippen molar-refractivity contribution in [3.8, 4) is 0 Å². The fraction of sp³-hybridized carbons (Fsp3) is 0.524. The molecule has 1 atom stereocenters. The zero-order valence-electron chi connectivity index (χ0n) is 16.5. The molecule has 0 bridgehead atoms. The van der Waals surface area contributed by atoms with Gasteiger partial charge in [-0.1, -0.05) is 6.07 Å². The highest BCUT2D eigenvalue weighted by Gasteiger charge is 2.42. The van der Waals surface area contributed by atoms with Gasteiger partial charge >= 0.3 is 0 Å². The number of hydrogen-bond donors (Lipinski definition) is 1. The lowest BCUT2D eigenvalue weighted by Crippen LogP contribution is -2.54. The van der Waals surface area contributed by atoms with Crippen LogP contribution in [0.2, 0.25) is 0 Å². The number of aromatic nitrogens is 3. The Balaban J connectivity index is 1.49. The molecule has 2 aromatic heterocycles. The molecule has 1 unspecified atom stereocenters. The maximum Gasteiger partial charge on any atom is 0.227 e. The molecule has 1 amide bonds. The molecule has 7 nitrogen and oxygen atoms in total. The Morgan fingerprint density at radius 2 is 2.07 bits per heavy atom. The van der Waals surface area contributed by atoms with Crippen molar-refractivity contribution in [1.29, 1.82) is 0 Å². The predicted octanol–water partition coefficient (Wildman–Crippen LogP) is 2.71. The predicted molar refractivity (Wildman–Crippen MR) is 109 cm³/mol. The molecule has 4 rings (SSSR count). The molecule has 1 N–H and O–H groups in total. The molecule has 0 radical (unpaired) electrons. The monoisotopic (exact) mass is 380 g/mol. The average Bonchev–Trinajstić information content (AvgIpc) is 2.72. The first-order valence-corrected chi connectivity index (χ1v) is 10.2. The molecule has 7 heteroatoms. The molecule has 0 aromatic carbocycles. The number of nitrogens with one attached hydrogen (secondary N) is 1. The zero-order chi connectivity index (χ0) is 19.4. The Kier molecular flexibility index (Phi) is 5.41. The van der Waals surface area contributed by atoms with Gasteiger partial charge in [-0.3, -0.25) is 9.78 Å². The highest BCUT2D eigenvalue weighted by atomic mass is 16.2. The second kappa shape index (κ2) is 8.12. The summed E-state index contributed by atoms with van der Waals surface area (Å²) in [6.45, 7) is 6.14. The van der Waals surface area contributed by atoms with Gasteiger partial charge in [0.05, 0.1) is 12.2 Å². The summed E-state index contributed by atoms with van der Waals surface area (Å²) in [4.78, 5) is 30.4. The average molecular weight is 380 g/mol. The van der Waals surface area contributed by atoms with Gasteiger partial charge in [-0.15, -0.1) is 0 Å². The van der Waals surface area contributed by atoms with Crippen molar-refractivity contribution in [2.45, 2.75) is 39.2 Å². The van der Waals surface area contributed by atoms with E-state index in [1.165, 1.54) is 0 Å². The van der Waals surface area contributed by atoms with E-state index in [9.17, 15) is 4.79 Å². The van der Waals surface area contributed by atoms with Crippen LogP contribution in [-0.2, 0) is 11.3 Å². The van der Waals surface area contributed by atoms with Crippen molar-refractivity contribution in [2.75, 3.05) is 36.4 Å². The summed E-state index contributed by atoms with van der Waals surface area (Å²) >= 11 is 0. The van der Waals surface area contributed by atoms with E-state index in [0.717, 1.165) is 62.9 Å². The lowest BCUT2D eigenvalue weighted by Gasteiger charge is -2.48. The van der Waals surface area contributed by atoms with Crippen molar-refractivity contribution >= 4 is 17.7 Å². The number of piperidine rings is 2. The standard InChI is InChI=1S/C21H28N6O/c1-2-22-18-8-12-24-20(25-18)26-13-5-9-21(15-26)10-7-19(28)27(16-21)14-17-6-3-4-11-23-17/h3-4,6,8,11-12H,2,5,7,9-10,13-16H2,1H3,(H,22,24,25). The number of pyridine rings is 1. The van der Waals surface area contributed by atoms with Gasteiger partial charge in [-0.05, 0) is 44.4 Å². The number of likely N-dealkylation sites (tertiary alicyclic amines) is 1. The van der Waals surface area contributed by atoms with E-state index >= 15 is 0 Å². The second-order valence-corrected chi connectivity index (χ2v) is 7.87. The number of carbonyl (C=O) groups excluding carboxylic acids is 1. The van der Waals surface area contributed by atoms with Crippen molar-refractivity contribution in [2.24, 2.45) is 5.41 Å². The summed E-state index contributed by atoms with van der Waals surface area (Å²) in [5.74, 6) is 1.88. The minimum absolute atomic E-state index is 0.110. The number of amides is 1. The molecule has 0 aliphatic carbocycles. The summed E-state index contributed by atoms with van der Waals surface area (Å²) in [5, 5.41) is 3.26. The Morgan fingerprint density at radius 1 is 1.14 bits per heavy atom. The molecular weight excluding hydrogens is 352 g/mol. The number of nitrogens with zero attached hydrogens (tertiary/aromatic N) is 5. The van der Waals surface area contributed by atoms with Crippen LogP contribution in [0.4, 0.5) is 11.8 Å². The van der Waals surface area contributed by atoms with Crippen molar-refractivity contribution in [1.82, 2.24) is 19.9 Å². The third kappa shape index (κ3) is 4.08. The van der Waals surface area contributed by atoms with Crippen LogP contribution in [0.1, 0.15) is 38.3 Å². The van der Waals surface area contributed by atoms with Crippen molar-refractivity contribution < 1.29 is 4.79 Å². The van der Waals surface area contributed by atoms with E-state index in [1.807, 2.05) is 35.4 Å². The van der Waals surface area contributed by atoms with Gasteiger partial charge in [-0.2, -0.15) is 4.98 Å². The summed E-state index contributed by atoms with van der Waals surface area (Å²) in [7, 11) is 0. The molecule has 2 fully saturated rings. The van der Waals surface area contributed by atoms with E-state index in [-0.39, 0.29) is 11.3 Å². The van der Waals surface area contributed by atoms with Crippen LogP contribution in [0.15, 0.2) is 36.7 Å². The smallest absolute Gasteiger partial charge is 0.227 e. The van der Waals surface area contributed by atoms with Gasteiger partial charge in [0.25, 0.3) is 0 Å². The van der Waals surface area contributed by atoms with Gasteiger partial charge in [0.1, 0.15) is 5.82 Å². The lowest BCUT2D eigenvalue weighted by atomic mass is 9.73. The summed E-state index contributed by atoms with van der Waals surface area (Å²) in [5.41, 5.74) is 1.06. The van der Waals surface area contributed by atoms with Crippen molar-refractivity contribution in [3.05, 3.63) is 42.4 Å². The first-order valence-electron chi connectivity index (χ1n) is 10.2. The third-order valence-corrected chi connectivity index (χ3v) is 5.77. The fourth-order valence-electron chi connectivity index (χ4n) is 4.43. The van der Waals surface area contributed by atoms with Crippen LogP contribution in [0.25, 0.3) is 0 Å². The highest BCUT2D eigenvalue weighted by Crippen LogP contribution is 2.40. The van der Waals surface area contributed by atoms with Crippen LogP contribution >= 0.6 is 0 Å². The lowest BCUT2D eigenvalue weighted by molar-refractivity contribution is -0.138. The SMILES string of the molecule is CCNc1ccnc(N2CCCC3(CCC(=O)N(Cc4ccccn4)C3)C2)n1. The first kappa shape index (κ1) is 18.7. The quantitative estimate of drug-likeness (QED) is 0.860. The summed E-state index contributed by atoms with van der Waals surface area (Å²) in [6.07, 6.45) is 7.39. The zero-order valence-corrected chi connectivity index (χ0v) is 16.5. The normalized spacial score (nSPS) is 22.5. The Bertz CT molecular complexity index is 814. The molecule has 28 heavy (non-hydrogen) atoms. The van der Waals surface area contributed by atoms with Crippen LogP contribution in [0.3, 0.4) is 0 Å². The van der Waals surface area contributed by atoms with Gasteiger partial charge in [0.15, 0.2) is 0 Å². The van der Waals surface area contributed by atoms with E-state index in [2.05, 4.69) is 32.1 Å². The molecule has 1 spiro atoms. The molecule has 4 heterocycles. The molecule has 2 aliphatic heterocycles. The molecule has 2 aliphatic rings. The Hall–Kier alpha value is -2.70. The minimum atomic E-state index is 0.110. The number of carbonyl (C=O) groups is 1. The van der Waals surface area contributed by atoms with Gasteiger partial charge in [0, 0.05) is 50.4 Å². The van der Waals surface area contributed by atoms with Crippen LogP contribution in [0, 0.1) is 5.41 Å². The minimum Gasteiger partial charge on any atom is -0.370 e. The van der Waals surface area contributed by atoms with Crippen LogP contribution in [-0.4, -0.2) is 51.9 Å².